The Morgan fingerprint density at radius 3 is 3.08 bits per heavy atom. The van der Waals surface area contributed by atoms with Crippen molar-refractivity contribution in [3.63, 3.8) is 0 Å². The number of hydrogen-bond acceptors (Lipinski definition) is 4. The number of esters is 1. The number of hydrogen-bond donors (Lipinski definition) is 2. The minimum absolute atomic E-state index is 0.301. The zero-order chi connectivity index (χ0) is 8.97. The molecule has 2 N–H and O–H groups in total. The van der Waals surface area contributed by atoms with Gasteiger partial charge in [-0.3, -0.25) is 5.10 Å². The van der Waals surface area contributed by atoms with Gasteiger partial charge in [0.15, 0.2) is 0 Å². The molecule has 1 rings (SSSR count). The number of nitrogens with one attached hydrogen (secondary N) is 2. The van der Waals surface area contributed by atoms with Crippen molar-refractivity contribution in [2.24, 2.45) is 0 Å². The summed E-state index contributed by atoms with van der Waals surface area (Å²) in [6, 6.07) is 1.37. The summed E-state index contributed by atoms with van der Waals surface area (Å²) in [5.41, 5.74) is 0. The number of carbonyl (C=O) groups is 1. The molecule has 0 fully saturated rings. The molecule has 0 bridgehead atoms. The maximum Gasteiger partial charge on any atom is 0.328 e. The van der Waals surface area contributed by atoms with E-state index in [0.717, 1.165) is 0 Å². The predicted octanol–water partition coefficient (Wildman–Crippen LogP) is 0.383. The van der Waals surface area contributed by atoms with E-state index >= 15 is 0 Å². The van der Waals surface area contributed by atoms with E-state index in [0.29, 0.717) is 5.82 Å². The van der Waals surface area contributed by atoms with Gasteiger partial charge in [-0.1, -0.05) is 0 Å². The van der Waals surface area contributed by atoms with Gasteiger partial charge >= 0.3 is 5.97 Å². The minimum Gasteiger partial charge on any atom is -0.467 e. The number of anilines is 1. The highest BCUT2D eigenvalue weighted by Crippen LogP contribution is 2.01. The lowest BCUT2D eigenvalue weighted by atomic mass is 10.3. The summed E-state index contributed by atoms with van der Waals surface area (Å²) in [5, 5.41) is 9.28. The van der Waals surface area contributed by atoms with Gasteiger partial charge in [-0.15, -0.1) is 0 Å². The van der Waals surface area contributed by atoms with Crippen molar-refractivity contribution in [3.05, 3.63) is 12.3 Å². The highest BCUT2D eigenvalue weighted by atomic mass is 16.5. The second kappa shape index (κ2) is 3.75. The summed E-state index contributed by atoms with van der Waals surface area (Å²) in [5.74, 6) is 0.400. The maximum atomic E-state index is 10.9. The Morgan fingerprint density at radius 2 is 2.58 bits per heavy atom. The smallest absolute Gasteiger partial charge is 0.328 e. The monoisotopic (exact) mass is 169 g/mol. The lowest BCUT2D eigenvalue weighted by Gasteiger charge is -2.09. The molecule has 0 amide bonds. The van der Waals surface area contributed by atoms with Gasteiger partial charge in [-0.05, 0) is 13.0 Å². The Bertz CT molecular complexity index is 245. The zero-order valence-corrected chi connectivity index (χ0v) is 7.00. The van der Waals surface area contributed by atoms with Crippen LogP contribution in [0.15, 0.2) is 12.3 Å². The van der Waals surface area contributed by atoms with E-state index in [1.54, 1.807) is 19.2 Å². The van der Waals surface area contributed by atoms with Crippen LogP contribution in [0.5, 0.6) is 0 Å². The fourth-order valence-electron chi connectivity index (χ4n) is 0.805. The average molecular weight is 169 g/mol. The van der Waals surface area contributed by atoms with Gasteiger partial charge in [-0.25, -0.2) is 4.79 Å². The third-order valence-corrected chi connectivity index (χ3v) is 1.43. The van der Waals surface area contributed by atoms with Crippen molar-refractivity contribution >= 4 is 11.8 Å². The van der Waals surface area contributed by atoms with Crippen LogP contribution < -0.4 is 5.32 Å². The first kappa shape index (κ1) is 8.58. The lowest BCUT2D eigenvalue weighted by Crippen LogP contribution is -2.27. The normalized spacial score (nSPS) is 12.2. The number of aromatic nitrogens is 2. The molecule has 0 unspecified atom stereocenters. The standard InChI is InChI=1S/C7H11N3O2/c1-5(7(11)12-2)9-6-3-4-8-10-6/h3-5H,1-2H3,(H2,8,9,10)/t5-/m0/s1. The van der Waals surface area contributed by atoms with Crippen LogP contribution in [0.2, 0.25) is 0 Å². The molecule has 12 heavy (non-hydrogen) atoms. The van der Waals surface area contributed by atoms with Crippen molar-refractivity contribution < 1.29 is 9.53 Å². The third-order valence-electron chi connectivity index (χ3n) is 1.43. The van der Waals surface area contributed by atoms with E-state index in [1.807, 2.05) is 0 Å². The van der Waals surface area contributed by atoms with Crippen molar-refractivity contribution in [1.29, 1.82) is 0 Å². The topological polar surface area (TPSA) is 67.0 Å². The largest absolute Gasteiger partial charge is 0.467 e. The van der Waals surface area contributed by atoms with Gasteiger partial charge in [0.25, 0.3) is 0 Å². The second-order valence-electron chi connectivity index (χ2n) is 2.36. The molecule has 0 aliphatic carbocycles. The van der Waals surface area contributed by atoms with E-state index in [2.05, 4.69) is 20.3 Å². The Labute approximate surface area is 70.1 Å². The maximum absolute atomic E-state index is 10.9. The molecule has 66 valence electrons. The van der Waals surface area contributed by atoms with E-state index in [-0.39, 0.29) is 12.0 Å². The molecule has 1 heterocycles. The highest BCUT2D eigenvalue weighted by Gasteiger charge is 2.12. The van der Waals surface area contributed by atoms with Crippen LogP contribution in [-0.2, 0) is 9.53 Å². The number of aromatic amines is 1. The highest BCUT2D eigenvalue weighted by molar-refractivity contribution is 5.78. The number of methoxy groups -OCH3 is 1. The summed E-state index contributed by atoms with van der Waals surface area (Å²) >= 11 is 0. The summed E-state index contributed by atoms with van der Waals surface area (Å²) in [6.45, 7) is 1.71. The predicted molar refractivity (Wildman–Crippen MR) is 43.7 cm³/mol. The summed E-state index contributed by atoms with van der Waals surface area (Å²) in [7, 11) is 1.35. The summed E-state index contributed by atoms with van der Waals surface area (Å²) < 4.78 is 4.53. The number of carbonyl (C=O) groups excluding carboxylic acids is 1. The van der Waals surface area contributed by atoms with E-state index in [1.165, 1.54) is 7.11 Å². The van der Waals surface area contributed by atoms with Crippen molar-refractivity contribution in [3.8, 4) is 0 Å². The lowest BCUT2D eigenvalue weighted by molar-refractivity contribution is -0.141. The van der Waals surface area contributed by atoms with Gasteiger partial charge in [-0.2, -0.15) is 5.10 Å². The second-order valence-corrected chi connectivity index (χ2v) is 2.36. The molecule has 0 radical (unpaired) electrons. The minimum atomic E-state index is -0.365. The van der Waals surface area contributed by atoms with Crippen molar-refractivity contribution in [2.75, 3.05) is 12.4 Å². The van der Waals surface area contributed by atoms with Gasteiger partial charge in [0.2, 0.25) is 0 Å². The molecule has 5 nitrogen and oxygen atoms in total. The summed E-state index contributed by atoms with van der Waals surface area (Å²) in [6.07, 6.45) is 1.60. The number of ether oxygens (including phenoxy) is 1. The summed E-state index contributed by atoms with van der Waals surface area (Å²) in [4.78, 5) is 10.9. The van der Waals surface area contributed by atoms with Crippen LogP contribution in [0.3, 0.4) is 0 Å². The van der Waals surface area contributed by atoms with Gasteiger partial charge in [0.05, 0.1) is 13.3 Å². The number of nitrogens with zero attached hydrogens (tertiary/aromatic N) is 1. The first-order valence-electron chi connectivity index (χ1n) is 3.58. The first-order valence-corrected chi connectivity index (χ1v) is 3.58. The van der Waals surface area contributed by atoms with Crippen LogP contribution in [0, 0.1) is 0 Å². The Hall–Kier alpha value is -1.52. The van der Waals surface area contributed by atoms with Crippen LogP contribution in [0.4, 0.5) is 5.82 Å². The molecule has 1 atom stereocenters. The molecule has 0 spiro atoms. The number of H-pyrrole nitrogens is 1. The molecule has 0 aromatic carbocycles. The van der Waals surface area contributed by atoms with Crippen LogP contribution in [-0.4, -0.2) is 29.3 Å². The molecular formula is C7H11N3O2. The molecule has 0 aliphatic rings. The SMILES string of the molecule is COC(=O)[C@H](C)Nc1ccn[nH]1. The molecular weight excluding hydrogens is 158 g/mol. The fraction of sp³-hybridized carbons (Fsp3) is 0.429. The Morgan fingerprint density at radius 1 is 1.83 bits per heavy atom. The molecule has 0 aliphatic heterocycles. The van der Waals surface area contributed by atoms with Crippen LogP contribution in [0.25, 0.3) is 0 Å². The molecule has 5 heteroatoms. The number of rotatable bonds is 3. The molecule has 0 saturated carbocycles. The van der Waals surface area contributed by atoms with Crippen molar-refractivity contribution in [2.45, 2.75) is 13.0 Å². The van der Waals surface area contributed by atoms with Crippen LogP contribution >= 0.6 is 0 Å². The Kier molecular flexibility index (Phi) is 2.68. The third kappa shape index (κ3) is 1.98. The van der Waals surface area contributed by atoms with Gasteiger partial charge in [0.1, 0.15) is 11.9 Å². The van der Waals surface area contributed by atoms with Crippen molar-refractivity contribution in [1.82, 2.24) is 10.2 Å². The molecule has 0 saturated heterocycles. The van der Waals surface area contributed by atoms with Gasteiger partial charge in [0, 0.05) is 0 Å². The first-order chi connectivity index (χ1) is 5.74. The molecule has 1 aromatic heterocycles. The Balaban J connectivity index is 2.47. The average Bonchev–Trinajstić information content (AvgIpc) is 2.55. The van der Waals surface area contributed by atoms with Crippen LogP contribution in [0.1, 0.15) is 6.92 Å². The van der Waals surface area contributed by atoms with E-state index in [4.69, 9.17) is 0 Å². The van der Waals surface area contributed by atoms with Gasteiger partial charge < -0.3 is 10.1 Å². The quantitative estimate of drug-likeness (QED) is 0.642. The van der Waals surface area contributed by atoms with E-state index in [9.17, 15) is 4.79 Å². The van der Waals surface area contributed by atoms with E-state index < -0.39 is 0 Å². The molecule has 1 aromatic rings. The zero-order valence-electron chi connectivity index (χ0n) is 7.00. The fourth-order valence-corrected chi connectivity index (χ4v) is 0.805.